The Morgan fingerprint density at radius 2 is 1.95 bits per heavy atom. The maximum atomic E-state index is 12.1. The molecule has 19 heavy (non-hydrogen) atoms. The number of rotatable bonds is 4. The molecule has 0 spiro atoms. The maximum absolute atomic E-state index is 12.1. The molecule has 0 aliphatic carbocycles. The first-order valence-corrected chi connectivity index (χ1v) is 7.74. The number of nitrogens with one attached hydrogen (secondary N) is 1. The third-order valence-corrected chi connectivity index (χ3v) is 4.23. The van der Waals surface area contributed by atoms with Gasteiger partial charge in [0, 0.05) is 5.56 Å². The molecule has 0 fully saturated rings. The van der Waals surface area contributed by atoms with Crippen LogP contribution in [0.4, 0.5) is 5.13 Å². The van der Waals surface area contributed by atoms with E-state index in [-0.39, 0.29) is 5.91 Å². The van der Waals surface area contributed by atoms with Crippen LogP contribution in [0.5, 0.6) is 0 Å². The number of benzene rings is 1. The normalized spacial score (nSPS) is 10.5. The fourth-order valence-corrected chi connectivity index (χ4v) is 3.36. The summed E-state index contributed by atoms with van der Waals surface area (Å²) in [6.07, 6.45) is 0. The van der Waals surface area contributed by atoms with Gasteiger partial charge in [-0.25, -0.2) is 0 Å². The van der Waals surface area contributed by atoms with Crippen molar-refractivity contribution >= 4 is 34.1 Å². The number of hydrogen-bond donors (Lipinski definition) is 1. The van der Waals surface area contributed by atoms with Crippen LogP contribution in [0, 0.1) is 13.8 Å². The van der Waals surface area contributed by atoms with E-state index in [1.165, 1.54) is 11.3 Å². The lowest BCUT2D eigenvalue weighted by Gasteiger charge is -2.04. The topological polar surface area (TPSA) is 54.9 Å². The molecule has 0 bridgehead atoms. The van der Waals surface area contributed by atoms with Crippen molar-refractivity contribution in [1.29, 1.82) is 0 Å². The van der Waals surface area contributed by atoms with E-state index in [1.807, 2.05) is 32.0 Å². The second-order valence-corrected chi connectivity index (χ2v) is 6.63. The van der Waals surface area contributed by atoms with E-state index in [0.717, 1.165) is 21.2 Å². The van der Waals surface area contributed by atoms with Crippen molar-refractivity contribution in [2.75, 3.05) is 11.1 Å². The van der Waals surface area contributed by atoms with Crippen molar-refractivity contribution in [1.82, 2.24) is 10.2 Å². The lowest BCUT2D eigenvalue weighted by Crippen LogP contribution is -2.12. The summed E-state index contributed by atoms with van der Waals surface area (Å²) in [5.74, 6) is 0.802. The van der Waals surface area contributed by atoms with Gasteiger partial charge in [0.25, 0.3) is 5.91 Å². The van der Waals surface area contributed by atoms with Crippen molar-refractivity contribution in [2.45, 2.75) is 25.1 Å². The average molecular weight is 293 g/mol. The third kappa shape index (κ3) is 3.78. The Morgan fingerprint density at radius 3 is 2.58 bits per heavy atom. The van der Waals surface area contributed by atoms with Crippen LogP contribution in [0.15, 0.2) is 22.5 Å². The SMILES string of the molecule is CCSc1nnc(NC(=O)c2cc(C)cc(C)c2)s1. The van der Waals surface area contributed by atoms with Gasteiger partial charge in [-0.1, -0.05) is 47.2 Å². The van der Waals surface area contributed by atoms with Crippen molar-refractivity contribution in [3.05, 3.63) is 34.9 Å². The number of hydrogen-bond acceptors (Lipinski definition) is 5. The van der Waals surface area contributed by atoms with Gasteiger partial charge in [0.15, 0.2) is 4.34 Å². The summed E-state index contributed by atoms with van der Waals surface area (Å²) < 4.78 is 0.873. The molecule has 6 heteroatoms. The summed E-state index contributed by atoms with van der Waals surface area (Å²) in [5, 5.41) is 11.3. The van der Waals surface area contributed by atoms with Crippen LogP contribution in [-0.2, 0) is 0 Å². The number of carbonyl (C=O) groups excluding carboxylic acids is 1. The third-order valence-electron chi connectivity index (χ3n) is 2.38. The molecule has 0 aliphatic heterocycles. The second-order valence-electron chi connectivity index (χ2n) is 4.14. The number of anilines is 1. The van der Waals surface area contributed by atoms with E-state index >= 15 is 0 Å². The molecule has 2 aromatic rings. The molecule has 100 valence electrons. The predicted octanol–water partition coefficient (Wildman–Crippen LogP) is 3.52. The van der Waals surface area contributed by atoms with Crippen LogP contribution in [0.1, 0.15) is 28.4 Å². The summed E-state index contributed by atoms with van der Waals surface area (Å²) in [4.78, 5) is 12.1. The molecule has 0 unspecified atom stereocenters. The minimum Gasteiger partial charge on any atom is -0.296 e. The molecule has 0 radical (unpaired) electrons. The zero-order valence-electron chi connectivity index (χ0n) is 11.1. The van der Waals surface area contributed by atoms with Gasteiger partial charge in [-0.05, 0) is 31.7 Å². The fraction of sp³-hybridized carbons (Fsp3) is 0.308. The van der Waals surface area contributed by atoms with Gasteiger partial charge in [0.05, 0.1) is 0 Å². The van der Waals surface area contributed by atoms with Crippen LogP contribution in [0.2, 0.25) is 0 Å². The van der Waals surface area contributed by atoms with Crippen molar-refractivity contribution < 1.29 is 4.79 Å². The molecule has 0 saturated heterocycles. The lowest BCUT2D eigenvalue weighted by molar-refractivity contribution is 0.102. The first-order chi connectivity index (χ1) is 9.08. The first-order valence-electron chi connectivity index (χ1n) is 5.94. The standard InChI is InChI=1S/C13H15N3OS2/c1-4-18-13-16-15-12(19-13)14-11(17)10-6-8(2)5-9(3)7-10/h5-7H,4H2,1-3H3,(H,14,15,17). The van der Waals surface area contributed by atoms with Crippen LogP contribution in [-0.4, -0.2) is 21.9 Å². The average Bonchev–Trinajstić information content (AvgIpc) is 2.76. The van der Waals surface area contributed by atoms with Gasteiger partial charge >= 0.3 is 0 Å². The minimum atomic E-state index is -0.143. The van der Waals surface area contributed by atoms with Crippen molar-refractivity contribution in [3.63, 3.8) is 0 Å². The highest BCUT2D eigenvalue weighted by molar-refractivity contribution is 8.01. The van der Waals surface area contributed by atoms with Gasteiger partial charge in [0.1, 0.15) is 0 Å². The maximum Gasteiger partial charge on any atom is 0.257 e. The van der Waals surface area contributed by atoms with Crippen molar-refractivity contribution in [3.8, 4) is 0 Å². The highest BCUT2D eigenvalue weighted by atomic mass is 32.2. The van der Waals surface area contributed by atoms with E-state index in [4.69, 9.17) is 0 Å². The summed E-state index contributed by atoms with van der Waals surface area (Å²) >= 11 is 3.02. The smallest absolute Gasteiger partial charge is 0.257 e. The summed E-state index contributed by atoms with van der Waals surface area (Å²) in [5.41, 5.74) is 2.80. The monoisotopic (exact) mass is 293 g/mol. The molecular weight excluding hydrogens is 278 g/mol. The zero-order chi connectivity index (χ0) is 13.8. The zero-order valence-corrected chi connectivity index (χ0v) is 12.7. The number of carbonyl (C=O) groups is 1. The van der Waals surface area contributed by atoms with Gasteiger partial charge in [-0.2, -0.15) is 0 Å². The van der Waals surface area contributed by atoms with E-state index < -0.39 is 0 Å². The van der Waals surface area contributed by atoms with Crippen molar-refractivity contribution in [2.24, 2.45) is 0 Å². The highest BCUT2D eigenvalue weighted by Gasteiger charge is 2.10. The Hall–Kier alpha value is -1.40. The van der Waals surface area contributed by atoms with E-state index in [9.17, 15) is 4.79 Å². The molecule has 1 aromatic carbocycles. The van der Waals surface area contributed by atoms with Gasteiger partial charge in [-0.3, -0.25) is 10.1 Å². The predicted molar refractivity (Wildman–Crippen MR) is 80.2 cm³/mol. The van der Waals surface area contributed by atoms with Gasteiger partial charge in [-0.15, -0.1) is 10.2 Å². The van der Waals surface area contributed by atoms with Gasteiger partial charge in [0.2, 0.25) is 5.13 Å². The van der Waals surface area contributed by atoms with Crippen LogP contribution in [0.25, 0.3) is 0 Å². The summed E-state index contributed by atoms with van der Waals surface area (Å²) in [7, 11) is 0. The van der Waals surface area contributed by atoms with Crippen LogP contribution < -0.4 is 5.32 Å². The Kier molecular flexibility index (Phi) is 4.55. The molecule has 0 aliphatic rings. The van der Waals surface area contributed by atoms with E-state index in [0.29, 0.717) is 10.7 Å². The molecule has 0 saturated carbocycles. The summed E-state index contributed by atoms with van der Waals surface area (Å²) in [6.45, 7) is 6.01. The molecule has 4 nitrogen and oxygen atoms in total. The molecule has 0 atom stereocenters. The number of aromatic nitrogens is 2. The number of nitrogens with zero attached hydrogens (tertiary/aromatic N) is 2. The fourth-order valence-electron chi connectivity index (χ4n) is 1.72. The Bertz CT molecular complexity index is 575. The molecule has 1 heterocycles. The van der Waals surface area contributed by atoms with E-state index in [2.05, 4.69) is 22.4 Å². The molecule has 1 amide bonds. The highest BCUT2D eigenvalue weighted by Crippen LogP contribution is 2.25. The second kappa shape index (κ2) is 6.16. The van der Waals surface area contributed by atoms with Gasteiger partial charge < -0.3 is 0 Å². The first kappa shape index (κ1) is 14.0. The summed E-state index contributed by atoms with van der Waals surface area (Å²) in [6, 6.07) is 5.77. The van der Waals surface area contributed by atoms with Crippen LogP contribution >= 0.6 is 23.1 Å². The largest absolute Gasteiger partial charge is 0.296 e. The molecule has 1 N–H and O–H groups in total. The Balaban J connectivity index is 2.11. The Morgan fingerprint density at radius 1 is 1.26 bits per heavy atom. The minimum absolute atomic E-state index is 0.143. The Labute approximate surface area is 120 Å². The number of aryl methyl sites for hydroxylation is 2. The number of amides is 1. The molecular formula is C13H15N3OS2. The quantitative estimate of drug-likeness (QED) is 0.692. The molecule has 1 aromatic heterocycles. The molecule has 2 rings (SSSR count). The number of thioether (sulfide) groups is 1. The van der Waals surface area contributed by atoms with Crippen LogP contribution in [0.3, 0.4) is 0 Å². The lowest BCUT2D eigenvalue weighted by atomic mass is 10.1. The van der Waals surface area contributed by atoms with E-state index in [1.54, 1.807) is 11.8 Å².